The van der Waals surface area contributed by atoms with Crippen molar-refractivity contribution >= 4 is 34.8 Å². The molecule has 0 unspecified atom stereocenters. The number of carbonyl (C=O) groups excluding carboxylic acids is 1. The molecular weight excluding hydrogens is 388 g/mol. The third-order valence-electron chi connectivity index (χ3n) is 4.99. The summed E-state index contributed by atoms with van der Waals surface area (Å²) < 4.78 is 0. The van der Waals surface area contributed by atoms with E-state index in [1.54, 1.807) is 24.4 Å². The maximum Gasteiger partial charge on any atom is 0.407 e. The smallest absolute Gasteiger partial charge is 0.407 e. The number of fused-ring (bicyclic) bond motifs is 1. The first-order valence-corrected chi connectivity index (χ1v) is 9.45. The van der Waals surface area contributed by atoms with Crippen molar-refractivity contribution in [2.75, 3.05) is 31.5 Å². The van der Waals surface area contributed by atoms with Crippen molar-refractivity contribution in [2.45, 2.75) is 6.54 Å². The number of carboxylic acid groups (broad SMARTS) is 1. The predicted molar refractivity (Wildman–Crippen MR) is 110 cm³/mol. The fraction of sp³-hybridized carbons (Fsp3) is 0.263. The number of nitrogens with one attached hydrogen (secondary N) is 3. The van der Waals surface area contributed by atoms with Crippen LogP contribution in [0.15, 0.2) is 36.5 Å². The van der Waals surface area contributed by atoms with E-state index < -0.39 is 6.09 Å². The Labute approximate surface area is 171 Å². The Bertz CT molecular complexity index is 1070. The molecule has 2 amide bonds. The standard InChI is InChI=1S/C19H22N8O3/c20-25-17(28)13-1-2-14-15(10-13)23-18(22-14)24-16-9-12(3-4-21-16)11-26-5-7-27(8-6-26)19(29)30/h1-4,9-10H,5-8,11,20H2,(H,25,28)(H,29,30)(H2,21,22,23,24). The van der Waals surface area contributed by atoms with Gasteiger partial charge in [-0.2, -0.15) is 0 Å². The van der Waals surface area contributed by atoms with Crippen molar-refractivity contribution < 1.29 is 14.7 Å². The Hall–Kier alpha value is -3.70. The summed E-state index contributed by atoms with van der Waals surface area (Å²) in [4.78, 5) is 38.3. The van der Waals surface area contributed by atoms with Crippen LogP contribution in [0.2, 0.25) is 0 Å². The second-order valence-corrected chi connectivity index (χ2v) is 7.01. The number of hydrazine groups is 1. The first kappa shape index (κ1) is 19.6. The summed E-state index contributed by atoms with van der Waals surface area (Å²) in [6.07, 6.45) is 0.851. The number of imidazole rings is 1. The second kappa shape index (κ2) is 8.35. The Morgan fingerprint density at radius 1 is 1.17 bits per heavy atom. The SMILES string of the molecule is NNC(=O)c1ccc2nc(Nc3cc(CN4CCN(C(=O)O)CC4)ccn3)[nH]c2c1. The average molecular weight is 410 g/mol. The molecule has 1 saturated heterocycles. The molecule has 156 valence electrons. The van der Waals surface area contributed by atoms with Crippen molar-refractivity contribution in [3.05, 3.63) is 47.7 Å². The molecule has 0 spiro atoms. The number of piperazine rings is 1. The Kier molecular flexibility index (Phi) is 5.46. The first-order valence-electron chi connectivity index (χ1n) is 9.45. The summed E-state index contributed by atoms with van der Waals surface area (Å²) in [7, 11) is 0. The monoisotopic (exact) mass is 410 g/mol. The molecule has 0 atom stereocenters. The van der Waals surface area contributed by atoms with Crippen LogP contribution in [0.5, 0.6) is 0 Å². The fourth-order valence-corrected chi connectivity index (χ4v) is 3.41. The average Bonchev–Trinajstić information content (AvgIpc) is 3.15. The number of anilines is 2. The molecule has 11 heteroatoms. The van der Waals surface area contributed by atoms with Gasteiger partial charge < -0.3 is 20.3 Å². The maximum absolute atomic E-state index is 11.7. The van der Waals surface area contributed by atoms with Gasteiger partial charge in [-0.05, 0) is 35.9 Å². The first-order chi connectivity index (χ1) is 14.5. The van der Waals surface area contributed by atoms with E-state index >= 15 is 0 Å². The lowest BCUT2D eigenvalue weighted by atomic mass is 10.2. The van der Waals surface area contributed by atoms with Crippen LogP contribution in [0, 0.1) is 0 Å². The topological polar surface area (TPSA) is 152 Å². The number of pyridine rings is 1. The molecule has 1 fully saturated rings. The van der Waals surface area contributed by atoms with Crippen molar-refractivity contribution in [3.63, 3.8) is 0 Å². The summed E-state index contributed by atoms with van der Waals surface area (Å²) in [6.45, 7) is 3.12. The number of nitrogen functional groups attached to an aromatic ring is 1. The van der Waals surface area contributed by atoms with Crippen LogP contribution in [0.25, 0.3) is 11.0 Å². The van der Waals surface area contributed by atoms with Crippen LogP contribution in [0.4, 0.5) is 16.6 Å². The number of aromatic nitrogens is 3. The van der Waals surface area contributed by atoms with Gasteiger partial charge in [0.15, 0.2) is 0 Å². The fourth-order valence-electron chi connectivity index (χ4n) is 3.41. The second-order valence-electron chi connectivity index (χ2n) is 7.01. The molecule has 3 aromatic rings. The highest BCUT2D eigenvalue weighted by Crippen LogP contribution is 2.20. The van der Waals surface area contributed by atoms with E-state index in [0.717, 1.165) is 5.56 Å². The van der Waals surface area contributed by atoms with Gasteiger partial charge in [-0.1, -0.05) is 0 Å². The van der Waals surface area contributed by atoms with Gasteiger partial charge in [-0.15, -0.1) is 0 Å². The van der Waals surface area contributed by atoms with E-state index in [-0.39, 0.29) is 5.91 Å². The highest BCUT2D eigenvalue weighted by atomic mass is 16.4. The van der Waals surface area contributed by atoms with Crippen LogP contribution in [0.1, 0.15) is 15.9 Å². The zero-order valence-electron chi connectivity index (χ0n) is 16.1. The zero-order chi connectivity index (χ0) is 21.1. The van der Waals surface area contributed by atoms with Crippen molar-refractivity contribution in [1.82, 2.24) is 30.2 Å². The molecule has 30 heavy (non-hydrogen) atoms. The van der Waals surface area contributed by atoms with Gasteiger partial charge in [-0.25, -0.2) is 20.6 Å². The van der Waals surface area contributed by atoms with Crippen LogP contribution in [-0.2, 0) is 6.54 Å². The molecule has 1 aromatic carbocycles. The van der Waals surface area contributed by atoms with E-state index in [0.29, 0.717) is 61.1 Å². The summed E-state index contributed by atoms with van der Waals surface area (Å²) in [5, 5.41) is 12.2. The minimum Gasteiger partial charge on any atom is -0.465 e. The molecule has 4 rings (SSSR count). The third-order valence-corrected chi connectivity index (χ3v) is 4.99. The molecule has 0 bridgehead atoms. The number of hydrogen-bond acceptors (Lipinski definition) is 7. The molecule has 0 saturated carbocycles. The lowest BCUT2D eigenvalue weighted by Gasteiger charge is -2.33. The molecule has 0 aliphatic carbocycles. The number of H-pyrrole nitrogens is 1. The lowest BCUT2D eigenvalue weighted by Crippen LogP contribution is -2.47. The van der Waals surface area contributed by atoms with E-state index in [2.05, 4.69) is 30.6 Å². The number of carbonyl (C=O) groups is 2. The zero-order valence-corrected chi connectivity index (χ0v) is 16.1. The van der Waals surface area contributed by atoms with E-state index in [1.165, 1.54) is 4.90 Å². The van der Waals surface area contributed by atoms with Crippen molar-refractivity contribution in [3.8, 4) is 0 Å². The summed E-state index contributed by atoms with van der Waals surface area (Å²) in [6, 6.07) is 8.94. The number of rotatable bonds is 5. The third kappa shape index (κ3) is 4.31. The van der Waals surface area contributed by atoms with Gasteiger partial charge in [0, 0.05) is 44.5 Å². The summed E-state index contributed by atoms with van der Waals surface area (Å²) >= 11 is 0. The molecule has 6 N–H and O–H groups in total. The van der Waals surface area contributed by atoms with Crippen molar-refractivity contribution in [2.24, 2.45) is 5.84 Å². The molecule has 3 heterocycles. The predicted octanol–water partition coefficient (Wildman–Crippen LogP) is 1.10. The van der Waals surface area contributed by atoms with Gasteiger partial charge >= 0.3 is 6.09 Å². The maximum atomic E-state index is 11.7. The summed E-state index contributed by atoms with van der Waals surface area (Å²) in [5.74, 6) is 5.95. The van der Waals surface area contributed by atoms with Crippen LogP contribution >= 0.6 is 0 Å². The highest BCUT2D eigenvalue weighted by Gasteiger charge is 2.20. The number of nitrogens with zero attached hydrogens (tertiary/aromatic N) is 4. The largest absolute Gasteiger partial charge is 0.465 e. The molecule has 11 nitrogen and oxygen atoms in total. The molecular formula is C19H22N8O3. The number of benzene rings is 1. The lowest BCUT2D eigenvalue weighted by molar-refractivity contribution is 0.0953. The van der Waals surface area contributed by atoms with Gasteiger partial charge in [0.2, 0.25) is 5.95 Å². The minimum absolute atomic E-state index is 0.375. The summed E-state index contributed by atoms with van der Waals surface area (Å²) in [5.41, 5.74) is 5.01. The van der Waals surface area contributed by atoms with Gasteiger partial charge in [-0.3, -0.25) is 15.1 Å². The van der Waals surface area contributed by atoms with E-state index in [4.69, 9.17) is 10.9 Å². The van der Waals surface area contributed by atoms with E-state index in [9.17, 15) is 9.59 Å². The quantitative estimate of drug-likeness (QED) is 0.238. The van der Waals surface area contributed by atoms with Crippen LogP contribution in [0.3, 0.4) is 0 Å². The van der Waals surface area contributed by atoms with Crippen molar-refractivity contribution in [1.29, 1.82) is 0 Å². The Morgan fingerprint density at radius 2 is 1.97 bits per heavy atom. The number of hydrogen-bond donors (Lipinski definition) is 5. The van der Waals surface area contributed by atoms with Crippen LogP contribution in [-0.4, -0.2) is 68.0 Å². The number of nitrogens with two attached hydrogens (primary N) is 1. The molecule has 0 radical (unpaired) electrons. The van der Waals surface area contributed by atoms with Gasteiger partial charge in [0.05, 0.1) is 11.0 Å². The van der Waals surface area contributed by atoms with Gasteiger partial charge in [0.1, 0.15) is 5.82 Å². The molecule has 1 aliphatic rings. The number of aromatic amines is 1. The number of amides is 2. The Balaban J connectivity index is 1.43. The Morgan fingerprint density at radius 3 is 2.70 bits per heavy atom. The van der Waals surface area contributed by atoms with E-state index in [1.807, 2.05) is 12.1 Å². The molecule has 2 aromatic heterocycles. The van der Waals surface area contributed by atoms with Gasteiger partial charge in [0.25, 0.3) is 5.91 Å². The van der Waals surface area contributed by atoms with Crippen LogP contribution < -0.4 is 16.6 Å². The highest BCUT2D eigenvalue weighted by molar-refractivity contribution is 5.97. The minimum atomic E-state index is -0.869. The normalized spacial score (nSPS) is 14.6. The molecule has 1 aliphatic heterocycles.